The van der Waals surface area contributed by atoms with Gasteiger partial charge in [-0.2, -0.15) is 0 Å². The molecule has 0 spiro atoms. The molecule has 1 amide bonds. The average molecular weight is 253 g/mol. The number of nitrogens with one attached hydrogen (secondary N) is 1. The number of carbonyl (C=O) groups is 1. The molecular weight excluding hydrogens is 234 g/mol. The second-order valence-electron chi connectivity index (χ2n) is 4.68. The van der Waals surface area contributed by atoms with Gasteiger partial charge in [-0.3, -0.25) is 4.79 Å². The quantitative estimate of drug-likeness (QED) is 0.802. The van der Waals surface area contributed by atoms with E-state index in [2.05, 4.69) is 36.2 Å². The Kier molecular flexibility index (Phi) is 4.35. The summed E-state index contributed by atoms with van der Waals surface area (Å²) in [6.07, 6.45) is 2.98. The van der Waals surface area contributed by atoms with Crippen molar-refractivity contribution in [3.63, 3.8) is 0 Å². The number of hydrogen-bond donors (Lipinski definition) is 1. The summed E-state index contributed by atoms with van der Waals surface area (Å²) in [4.78, 5) is 11.8. The molecule has 0 saturated heterocycles. The van der Waals surface area contributed by atoms with E-state index in [1.54, 1.807) is 6.08 Å². The Labute approximate surface area is 114 Å². The van der Waals surface area contributed by atoms with E-state index in [1.165, 1.54) is 10.8 Å². The molecule has 2 aromatic carbocycles. The fraction of sp³-hybridized carbons (Fsp3) is 0.235. The van der Waals surface area contributed by atoms with E-state index in [-0.39, 0.29) is 11.9 Å². The molecule has 0 radical (unpaired) electrons. The number of rotatable bonds is 5. The molecule has 1 atom stereocenters. The molecule has 0 aromatic heterocycles. The predicted octanol–water partition coefficient (Wildman–Crippen LogP) is 3.98. The summed E-state index contributed by atoms with van der Waals surface area (Å²) in [5.74, 6) is 0.0698. The molecule has 0 saturated carbocycles. The Morgan fingerprint density at radius 1 is 1.26 bits per heavy atom. The highest BCUT2D eigenvalue weighted by atomic mass is 16.1. The maximum absolute atomic E-state index is 11.8. The Morgan fingerprint density at radius 2 is 2.00 bits per heavy atom. The van der Waals surface area contributed by atoms with Crippen LogP contribution in [-0.2, 0) is 4.79 Å². The van der Waals surface area contributed by atoms with E-state index in [0.717, 1.165) is 5.56 Å². The maximum atomic E-state index is 11.8. The molecule has 0 fully saturated rings. The highest BCUT2D eigenvalue weighted by Crippen LogP contribution is 2.24. The van der Waals surface area contributed by atoms with E-state index >= 15 is 0 Å². The molecule has 19 heavy (non-hydrogen) atoms. The molecule has 98 valence electrons. The van der Waals surface area contributed by atoms with Gasteiger partial charge in [-0.25, -0.2) is 0 Å². The standard InChI is InChI=1S/C17H19NO/c1-3-4-12-17(19)18-13(2)15-11-7-9-14-8-5-6-10-16(14)15/h3,5-11,13H,1,4,12H2,2H3,(H,18,19)/t13-/m0/s1. The van der Waals surface area contributed by atoms with E-state index in [9.17, 15) is 4.79 Å². The van der Waals surface area contributed by atoms with Crippen LogP contribution in [0.1, 0.15) is 31.4 Å². The first-order valence-electron chi connectivity index (χ1n) is 6.60. The zero-order valence-corrected chi connectivity index (χ0v) is 11.2. The lowest BCUT2D eigenvalue weighted by atomic mass is 9.99. The van der Waals surface area contributed by atoms with Gasteiger partial charge in [0.2, 0.25) is 5.91 Å². The van der Waals surface area contributed by atoms with E-state index in [1.807, 2.05) is 25.1 Å². The second kappa shape index (κ2) is 6.19. The van der Waals surface area contributed by atoms with Crippen molar-refractivity contribution in [1.82, 2.24) is 5.32 Å². The van der Waals surface area contributed by atoms with Crippen molar-refractivity contribution >= 4 is 16.7 Å². The molecule has 2 nitrogen and oxygen atoms in total. The highest BCUT2D eigenvalue weighted by molar-refractivity contribution is 5.86. The summed E-state index contributed by atoms with van der Waals surface area (Å²) in [6.45, 7) is 5.65. The van der Waals surface area contributed by atoms with Crippen molar-refractivity contribution in [1.29, 1.82) is 0 Å². The summed E-state index contributed by atoms with van der Waals surface area (Å²) in [5.41, 5.74) is 1.16. The normalized spacial score (nSPS) is 12.1. The minimum atomic E-state index is 0.0171. The van der Waals surface area contributed by atoms with Crippen LogP contribution in [0.4, 0.5) is 0 Å². The van der Waals surface area contributed by atoms with Crippen molar-refractivity contribution < 1.29 is 4.79 Å². The average Bonchev–Trinajstić information content (AvgIpc) is 2.44. The number of fused-ring (bicyclic) bond motifs is 1. The maximum Gasteiger partial charge on any atom is 0.220 e. The first-order valence-corrected chi connectivity index (χ1v) is 6.60. The molecule has 2 aromatic rings. The Hall–Kier alpha value is -2.09. The van der Waals surface area contributed by atoms with Crippen molar-refractivity contribution in [2.75, 3.05) is 0 Å². The number of hydrogen-bond acceptors (Lipinski definition) is 1. The summed E-state index contributed by atoms with van der Waals surface area (Å²) in [7, 11) is 0. The molecule has 0 unspecified atom stereocenters. The van der Waals surface area contributed by atoms with Crippen molar-refractivity contribution in [2.45, 2.75) is 25.8 Å². The lowest BCUT2D eigenvalue weighted by molar-refractivity contribution is -0.121. The summed E-state index contributed by atoms with van der Waals surface area (Å²) in [5, 5.41) is 5.43. The van der Waals surface area contributed by atoms with E-state index in [4.69, 9.17) is 0 Å². The Balaban J connectivity index is 2.19. The smallest absolute Gasteiger partial charge is 0.220 e. The van der Waals surface area contributed by atoms with Gasteiger partial charge in [-0.1, -0.05) is 48.5 Å². The molecule has 0 aliphatic carbocycles. The third kappa shape index (κ3) is 3.22. The van der Waals surface area contributed by atoms with Gasteiger partial charge in [0, 0.05) is 6.42 Å². The van der Waals surface area contributed by atoms with E-state index in [0.29, 0.717) is 12.8 Å². The van der Waals surface area contributed by atoms with Crippen LogP contribution in [-0.4, -0.2) is 5.91 Å². The lowest BCUT2D eigenvalue weighted by Crippen LogP contribution is -2.26. The molecule has 2 rings (SSSR count). The van der Waals surface area contributed by atoms with Crippen LogP contribution >= 0.6 is 0 Å². The fourth-order valence-corrected chi connectivity index (χ4v) is 2.25. The van der Waals surface area contributed by atoms with Gasteiger partial charge < -0.3 is 5.32 Å². The van der Waals surface area contributed by atoms with Crippen LogP contribution in [0.3, 0.4) is 0 Å². The number of amides is 1. The second-order valence-corrected chi connectivity index (χ2v) is 4.68. The third-order valence-corrected chi connectivity index (χ3v) is 3.24. The van der Waals surface area contributed by atoms with Crippen molar-refractivity contribution in [3.05, 3.63) is 60.7 Å². The van der Waals surface area contributed by atoms with Gasteiger partial charge in [0.05, 0.1) is 6.04 Å². The first-order chi connectivity index (χ1) is 9.22. The molecule has 0 aliphatic heterocycles. The summed E-state index contributed by atoms with van der Waals surface area (Å²) in [6, 6.07) is 14.4. The zero-order valence-electron chi connectivity index (χ0n) is 11.2. The van der Waals surface area contributed by atoms with E-state index < -0.39 is 0 Å². The largest absolute Gasteiger partial charge is 0.350 e. The number of carbonyl (C=O) groups excluding carboxylic acids is 1. The van der Waals surface area contributed by atoms with Gasteiger partial charge in [-0.05, 0) is 29.7 Å². The monoisotopic (exact) mass is 253 g/mol. The minimum Gasteiger partial charge on any atom is -0.350 e. The third-order valence-electron chi connectivity index (χ3n) is 3.24. The molecule has 0 aliphatic rings. The van der Waals surface area contributed by atoms with Gasteiger partial charge in [-0.15, -0.1) is 6.58 Å². The first kappa shape index (κ1) is 13.3. The minimum absolute atomic E-state index is 0.0171. The molecule has 0 bridgehead atoms. The summed E-state index contributed by atoms with van der Waals surface area (Å²) >= 11 is 0. The van der Waals surface area contributed by atoms with Crippen LogP contribution in [0.15, 0.2) is 55.1 Å². The number of benzene rings is 2. The molecular formula is C17H19NO. The van der Waals surface area contributed by atoms with Gasteiger partial charge in [0.1, 0.15) is 0 Å². The van der Waals surface area contributed by atoms with Crippen molar-refractivity contribution in [2.24, 2.45) is 0 Å². The topological polar surface area (TPSA) is 29.1 Å². The Bertz CT molecular complexity index is 583. The Morgan fingerprint density at radius 3 is 2.79 bits per heavy atom. The zero-order chi connectivity index (χ0) is 13.7. The summed E-state index contributed by atoms with van der Waals surface area (Å²) < 4.78 is 0. The molecule has 0 heterocycles. The van der Waals surface area contributed by atoms with Crippen LogP contribution < -0.4 is 5.32 Å². The highest BCUT2D eigenvalue weighted by Gasteiger charge is 2.11. The van der Waals surface area contributed by atoms with Gasteiger partial charge in [0.25, 0.3) is 0 Å². The van der Waals surface area contributed by atoms with Crippen LogP contribution in [0, 0.1) is 0 Å². The molecule has 2 heteroatoms. The molecule has 1 N–H and O–H groups in total. The lowest BCUT2D eigenvalue weighted by Gasteiger charge is -2.16. The number of allylic oxidation sites excluding steroid dienone is 1. The van der Waals surface area contributed by atoms with Gasteiger partial charge in [0.15, 0.2) is 0 Å². The van der Waals surface area contributed by atoms with Crippen LogP contribution in [0.25, 0.3) is 10.8 Å². The van der Waals surface area contributed by atoms with Crippen molar-refractivity contribution in [3.8, 4) is 0 Å². The van der Waals surface area contributed by atoms with Gasteiger partial charge >= 0.3 is 0 Å². The SMILES string of the molecule is C=CCCC(=O)N[C@@H](C)c1cccc2ccccc12. The fourth-order valence-electron chi connectivity index (χ4n) is 2.25. The van der Waals surface area contributed by atoms with Crippen LogP contribution in [0.5, 0.6) is 0 Å². The predicted molar refractivity (Wildman–Crippen MR) is 79.9 cm³/mol. The van der Waals surface area contributed by atoms with Crippen LogP contribution in [0.2, 0.25) is 0 Å².